The van der Waals surface area contributed by atoms with Crippen LogP contribution >= 0.6 is 11.3 Å². The van der Waals surface area contributed by atoms with E-state index < -0.39 is 0 Å². The summed E-state index contributed by atoms with van der Waals surface area (Å²) >= 11 is 1.67. The highest BCUT2D eigenvalue weighted by Crippen LogP contribution is 2.11. The van der Waals surface area contributed by atoms with Gasteiger partial charge in [-0.25, -0.2) is 9.97 Å². The minimum absolute atomic E-state index is 0.518. The summed E-state index contributed by atoms with van der Waals surface area (Å²) in [4.78, 5) is 8.45. The van der Waals surface area contributed by atoms with Gasteiger partial charge in [-0.05, 0) is 6.92 Å². The van der Waals surface area contributed by atoms with Crippen LogP contribution in [0.4, 0.5) is 0 Å². The smallest absolute Gasteiger partial charge is 0.113 e. The van der Waals surface area contributed by atoms with Gasteiger partial charge in [0.15, 0.2) is 0 Å². The van der Waals surface area contributed by atoms with Gasteiger partial charge in [0.05, 0.1) is 18.6 Å². The number of rotatable bonds is 3. The topological polar surface area (TPSA) is 56.7 Å². The first kappa shape index (κ1) is 9.36. The Kier molecular flexibility index (Phi) is 2.60. The third-order valence-electron chi connectivity index (χ3n) is 1.98. The second kappa shape index (κ2) is 3.89. The molecule has 0 atom stereocenters. The molecule has 0 fully saturated rings. The Balaban J connectivity index is 2.18. The quantitative estimate of drug-likeness (QED) is 0.823. The molecule has 0 radical (unpaired) electrons. The Morgan fingerprint density at radius 3 is 3.07 bits per heavy atom. The van der Waals surface area contributed by atoms with Gasteiger partial charge in [-0.3, -0.25) is 0 Å². The molecule has 0 saturated heterocycles. The Morgan fingerprint density at radius 1 is 1.57 bits per heavy atom. The molecule has 0 saturated carbocycles. The monoisotopic (exact) mass is 208 g/mol. The van der Waals surface area contributed by atoms with Crippen molar-refractivity contribution < 1.29 is 0 Å². The molecule has 2 heterocycles. The van der Waals surface area contributed by atoms with Crippen molar-refractivity contribution in [2.45, 2.75) is 20.0 Å². The van der Waals surface area contributed by atoms with E-state index in [-0.39, 0.29) is 0 Å². The van der Waals surface area contributed by atoms with Crippen molar-refractivity contribution >= 4 is 11.3 Å². The van der Waals surface area contributed by atoms with Crippen LogP contribution in [0.5, 0.6) is 0 Å². The maximum atomic E-state index is 5.58. The fourth-order valence-electron chi connectivity index (χ4n) is 1.28. The first-order valence-corrected chi connectivity index (χ1v) is 5.27. The van der Waals surface area contributed by atoms with Crippen LogP contribution in [0, 0.1) is 6.92 Å². The van der Waals surface area contributed by atoms with Gasteiger partial charge < -0.3 is 10.3 Å². The zero-order valence-corrected chi connectivity index (χ0v) is 8.79. The molecule has 0 spiro atoms. The fraction of sp³-hybridized carbons (Fsp3) is 0.333. The molecule has 14 heavy (non-hydrogen) atoms. The van der Waals surface area contributed by atoms with E-state index in [1.165, 1.54) is 0 Å². The van der Waals surface area contributed by atoms with Crippen molar-refractivity contribution in [1.82, 2.24) is 14.5 Å². The normalized spacial score (nSPS) is 10.7. The summed E-state index contributed by atoms with van der Waals surface area (Å²) in [5.74, 6) is 0. The first-order valence-electron chi connectivity index (χ1n) is 4.39. The number of nitrogens with zero attached hydrogens (tertiary/aromatic N) is 3. The standard InChI is InChI=1S/C9H12N4S/c1-7-5-14-9(12-7)4-13-6-11-3-8(13)2-10/h3,5-6H,2,4,10H2,1H3. The number of imidazole rings is 1. The zero-order valence-electron chi connectivity index (χ0n) is 7.97. The summed E-state index contributed by atoms with van der Waals surface area (Å²) in [5.41, 5.74) is 7.68. The summed E-state index contributed by atoms with van der Waals surface area (Å²) in [7, 11) is 0. The summed E-state index contributed by atoms with van der Waals surface area (Å²) in [6.45, 7) is 3.28. The highest BCUT2D eigenvalue weighted by molar-refractivity contribution is 7.09. The van der Waals surface area contributed by atoms with E-state index in [0.29, 0.717) is 6.54 Å². The highest BCUT2D eigenvalue weighted by atomic mass is 32.1. The van der Waals surface area contributed by atoms with Crippen LogP contribution in [-0.2, 0) is 13.1 Å². The number of aromatic nitrogens is 3. The van der Waals surface area contributed by atoms with Crippen molar-refractivity contribution in [2.24, 2.45) is 5.73 Å². The van der Waals surface area contributed by atoms with Gasteiger partial charge in [-0.1, -0.05) is 0 Å². The van der Waals surface area contributed by atoms with Crippen LogP contribution in [0.1, 0.15) is 16.4 Å². The molecule has 2 rings (SSSR count). The Bertz CT molecular complexity index is 418. The molecule has 2 N–H and O–H groups in total. The van der Waals surface area contributed by atoms with Gasteiger partial charge in [0.25, 0.3) is 0 Å². The van der Waals surface area contributed by atoms with E-state index >= 15 is 0 Å². The van der Waals surface area contributed by atoms with Crippen LogP contribution in [0.25, 0.3) is 0 Å². The molecule has 0 unspecified atom stereocenters. The van der Waals surface area contributed by atoms with Crippen LogP contribution in [0.3, 0.4) is 0 Å². The third kappa shape index (κ3) is 1.83. The molecular weight excluding hydrogens is 196 g/mol. The molecule has 2 aromatic heterocycles. The second-order valence-corrected chi connectivity index (χ2v) is 4.04. The van der Waals surface area contributed by atoms with Gasteiger partial charge >= 0.3 is 0 Å². The Morgan fingerprint density at radius 2 is 2.43 bits per heavy atom. The lowest BCUT2D eigenvalue weighted by molar-refractivity contribution is 0.734. The third-order valence-corrected chi connectivity index (χ3v) is 2.93. The number of aryl methyl sites for hydroxylation is 1. The predicted molar refractivity (Wildman–Crippen MR) is 56.1 cm³/mol. The predicted octanol–water partition coefficient (Wildman–Crippen LogP) is 1.16. The maximum Gasteiger partial charge on any atom is 0.113 e. The Labute approximate surface area is 86.4 Å². The van der Waals surface area contributed by atoms with E-state index in [9.17, 15) is 0 Å². The van der Waals surface area contributed by atoms with Gasteiger partial charge in [0, 0.05) is 23.8 Å². The number of nitrogens with two attached hydrogens (primary N) is 1. The van der Waals surface area contributed by atoms with Crippen LogP contribution in [0.15, 0.2) is 17.9 Å². The maximum absolute atomic E-state index is 5.58. The summed E-state index contributed by atoms with van der Waals surface area (Å²) in [6.07, 6.45) is 3.58. The molecule has 5 heteroatoms. The van der Waals surface area contributed by atoms with E-state index in [4.69, 9.17) is 5.73 Å². The molecule has 74 valence electrons. The number of thiazole rings is 1. The van der Waals surface area contributed by atoms with Gasteiger partial charge in [0.2, 0.25) is 0 Å². The minimum Gasteiger partial charge on any atom is -0.326 e. The molecular formula is C9H12N4S. The van der Waals surface area contributed by atoms with Crippen molar-refractivity contribution in [2.75, 3.05) is 0 Å². The van der Waals surface area contributed by atoms with E-state index in [1.807, 2.05) is 16.9 Å². The molecule has 2 aromatic rings. The summed E-state index contributed by atoms with van der Waals surface area (Å²) in [6, 6.07) is 0. The summed E-state index contributed by atoms with van der Waals surface area (Å²) in [5, 5.41) is 3.14. The fourth-order valence-corrected chi connectivity index (χ4v) is 2.05. The molecule has 0 aromatic carbocycles. The largest absolute Gasteiger partial charge is 0.326 e. The van der Waals surface area contributed by atoms with Crippen molar-refractivity contribution in [3.8, 4) is 0 Å². The van der Waals surface area contributed by atoms with E-state index in [2.05, 4.69) is 9.97 Å². The summed E-state index contributed by atoms with van der Waals surface area (Å²) < 4.78 is 2.03. The second-order valence-electron chi connectivity index (χ2n) is 3.10. The average molecular weight is 208 g/mol. The molecule has 0 aliphatic rings. The van der Waals surface area contributed by atoms with Crippen molar-refractivity contribution in [3.05, 3.63) is 34.3 Å². The lowest BCUT2D eigenvalue weighted by atomic mass is 10.4. The van der Waals surface area contributed by atoms with Crippen molar-refractivity contribution in [1.29, 1.82) is 0 Å². The highest BCUT2D eigenvalue weighted by Gasteiger charge is 2.03. The van der Waals surface area contributed by atoms with Gasteiger partial charge in [0.1, 0.15) is 5.01 Å². The molecule has 4 nitrogen and oxygen atoms in total. The lowest BCUT2D eigenvalue weighted by Gasteiger charge is -2.02. The first-order chi connectivity index (χ1) is 6.79. The van der Waals surface area contributed by atoms with Crippen molar-refractivity contribution in [3.63, 3.8) is 0 Å². The molecule has 0 aliphatic carbocycles. The lowest BCUT2D eigenvalue weighted by Crippen LogP contribution is -2.07. The van der Waals surface area contributed by atoms with Crippen LogP contribution in [0.2, 0.25) is 0 Å². The van der Waals surface area contributed by atoms with E-state index in [0.717, 1.165) is 22.9 Å². The number of hydrogen-bond donors (Lipinski definition) is 1. The molecule has 0 aliphatic heterocycles. The molecule has 0 amide bonds. The average Bonchev–Trinajstić information content (AvgIpc) is 2.76. The minimum atomic E-state index is 0.518. The van der Waals surface area contributed by atoms with Crippen LogP contribution in [-0.4, -0.2) is 14.5 Å². The van der Waals surface area contributed by atoms with E-state index in [1.54, 1.807) is 23.9 Å². The Hall–Kier alpha value is -1.20. The molecule has 0 bridgehead atoms. The van der Waals surface area contributed by atoms with Gasteiger partial charge in [-0.15, -0.1) is 11.3 Å². The van der Waals surface area contributed by atoms with Crippen LogP contribution < -0.4 is 5.73 Å². The number of hydrogen-bond acceptors (Lipinski definition) is 4. The van der Waals surface area contributed by atoms with Gasteiger partial charge in [-0.2, -0.15) is 0 Å². The SMILES string of the molecule is Cc1csc(Cn2cncc2CN)n1. The zero-order chi connectivity index (χ0) is 9.97.